The molecule has 2 nitrogen and oxygen atoms in total. The Morgan fingerprint density at radius 2 is 2.10 bits per heavy atom. The second-order valence-electron chi connectivity index (χ2n) is 5.53. The molecule has 0 atom stereocenters. The van der Waals surface area contributed by atoms with Crippen LogP contribution in [0.15, 0.2) is 24.3 Å². The zero-order chi connectivity index (χ0) is 14.4. The van der Waals surface area contributed by atoms with Crippen molar-refractivity contribution in [3.05, 3.63) is 29.8 Å². The molecule has 2 rings (SSSR count). The Kier molecular flexibility index (Phi) is 6.30. The van der Waals surface area contributed by atoms with E-state index in [4.69, 9.17) is 0 Å². The molecule has 0 bridgehead atoms. The van der Waals surface area contributed by atoms with Crippen LogP contribution in [0.25, 0.3) is 0 Å². The Labute approximate surface area is 130 Å². The first-order valence-corrected chi connectivity index (χ1v) is 9.38. The Morgan fingerprint density at radius 3 is 2.80 bits per heavy atom. The molecule has 20 heavy (non-hydrogen) atoms. The van der Waals surface area contributed by atoms with Crippen molar-refractivity contribution in [1.29, 1.82) is 0 Å². The minimum Gasteiger partial charge on any atom is -0.326 e. The van der Waals surface area contributed by atoms with Crippen molar-refractivity contribution >= 4 is 35.1 Å². The Bertz CT molecular complexity index is 442. The third-order valence-electron chi connectivity index (χ3n) is 3.22. The lowest BCUT2D eigenvalue weighted by atomic mass is 10.1. The highest BCUT2D eigenvalue weighted by atomic mass is 32.2. The lowest BCUT2D eigenvalue weighted by Crippen LogP contribution is -2.12. The van der Waals surface area contributed by atoms with E-state index in [0.29, 0.717) is 16.9 Å². The molecule has 1 heterocycles. The maximum absolute atomic E-state index is 11.9. The van der Waals surface area contributed by atoms with Gasteiger partial charge in [-0.3, -0.25) is 4.79 Å². The van der Waals surface area contributed by atoms with E-state index in [0.717, 1.165) is 12.1 Å². The smallest absolute Gasteiger partial charge is 0.224 e. The number of rotatable bonds is 5. The molecule has 1 aliphatic rings. The summed E-state index contributed by atoms with van der Waals surface area (Å²) in [6.07, 6.45) is 2.85. The quantitative estimate of drug-likeness (QED) is 0.836. The van der Waals surface area contributed by atoms with Gasteiger partial charge in [0.1, 0.15) is 0 Å². The number of hydrogen-bond acceptors (Lipinski definition) is 3. The van der Waals surface area contributed by atoms with Crippen molar-refractivity contribution in [2.45, 2.75) is 37.7 Å². The zero-order valence-electron chi connectivity index (χ0n) is 12.2. The lowest BCUT2D eigenvalue weighted by Gasteiger charge is -2.21. The van der Waals surface area contributed by atoms with Crippen molar-refractivity contribution in [2.24, 2.45) is 5.92 Å². The standard InChI is InChI=1S/C16H23NOS2/c1-12(2)7-8-15(18)17-14-6-3-5-13(11-14)16-19-9-4-10-20-16/h3,5-6,11-12,16H,4,7-10H2,1-2H3,(H,17,18). The number of amides is 1. The van der Waals surface area contributed by atoms with E-state index in [1.807, 2.05) is 35.7 Å². The van der Waals surface area contributed by atoms with Crippen LogP contribution in [0.2, 0.25) is 0 Å². The van der Waals surface area contributed by atoms with E-state index in [-0.39, 0.29) is 5.91 Å². The molecule has 4 heteroatoms. The summed E-state index contributed by atoms with van der Waals surface area (Å²) in [6, 6.07) is 8.32. The molecule has 0 saturated carbocycles. The number of carbonyl (C=O) groups is 1. The fraction of sp³-hybridized carbons (Fsp3) is 0.562. The van der Waals surface area contributed by atoms with Crippen LogP contribution in [-0.2, 0) is 4.79 Å². The van der Waals surface area contributed by atoms with Crippen molar-refractivity contribution in [2.75, 3.05) is 16.8 Å². The van der Waals surface area contributed by atoms with Gasteiger partial charge in [0, 0.05) is 12.1 Å². The summed E-state index contributed by atoms with van der Waals surface area (Å²) in [7, 11) is 0. The summed E-state index contributed by atoms with van der Waals surface area (Å²) in [5.74, 6) is 3.17. The van der Waals surface area contributed by atoms with Crippen LogP contribution in [0, 0.1) is 5.92 Å². The first kappa shape index (κ1) is 15.8. The number of carbonyl (C=O) groups excluding carboxylic acids is 1. The number of anilines is 1. The van der Waals surface area contributed by atoms with Crippen LogP contribution in [0.1, 0.15) is 43.3 Å². The minimum absolute atomic E-state index is 0.125. The molecule has 1 aromatic carbocycles. The molecule has 0 aliphatic carbocycles. The van der Waals surface area contributed by atoms with Gasteiger partial charge in [0.15, 0.2) is 0 Å². The van der Waals surface area contributed by atoms with E-state index >= 15 is 0 Å². The maximum atomic E-state index is 11.9. The van der Waals surface area contributed by atoms with Gasteiger partial charge in [-0.15, -0.1) is 23.5 Å². The van der Waals surface area contributed by atoms with Crippen LogP contribution in [0.3, 0.4) is 0 Å². The monoisotopic (exact) mass is 309 g/mol. The highest BCUT2D eigenvalue weighted by molar-refractivity contribution is 8.16. The van der Waals surface area contributed by atoms with E-state index in [9.17, 15) is 4.79 Å². The fourth-order valence-electron chi connectivity index (χ4n) is 2.09. The largest absolute Gasteiger partial charge is 0.326 e. The van der Waals surface area contributed by atoms with E-state index in [1.165, 1.54) is 23.5 Å². The molecule has 0 spiro atoms. The topological polar surface area (TPSA) is 29.1 Å². The van der Waals surface area contributed by atoms with Gasteiger partial charge in [-0.05, 0) is 48.0 Å². The Balaban J connectivity index is 1.93. The van der Waals surface area contributed by atoms with Crippen LogP contribution in [0.4, 0.5) is 5.69 Å². The van der Waals surface area contributed by atoms with E-state index < -0.39 is 0 Å². The third-order valence-corrected chi connectivity index (χ3v) is 6.23. The number of benzene rings is 1. The normalized spacial score (nSPS) is 16.4. The molecule has 1 aromatic rings. The van der Waals surface area contributed by atoms with Gasteiger partial charge in [-0.1, -0.05) is 26.0 Å². The van der Waals surface area contributed by atoms with E-state index in [1.54, 1.807) is 0 Å². The molecule has 1 aliphatic heterocycles. The molecular formula is C16H23NOS2. The second-order valence-corrected chi connectivity index (χ2v) is 8.26. The number of hydrogen-bond donors (Lipinski definition) is 1. The molecule has 0 radical (unpaired) electrons. The molecule has 0 aromatic heterocycles. The molecular weight excluding hydrogens is 286 g/mol. The Morgan fingerprint density at radius 1 is 1.35 bits per heavy atom. The average molecular weight is 310 g/mol. The van der Waals surface area contributed by atoms with Gasteiger partial charge in [-0.2, -0.15) is 0 Å². The molecule has 0 unspecified atom stereocenters. The van der Waals surface area contributed by atoms with Gasteiger partial charge in [0.05, 0.1) is 4.58 Å². The summed E-state index contributed by atoms with van der Waals surface area (Å²) in [6.45, 7) is 4.29. The minimum atomic E-state index is 0.125. The van der Waals surface area contributed by atoms with Gasteiger partial charge in [0.2, 0.25) is 5.91 Å². The van der Waals surface area contributed by atoms with Crippen LogP contribution in [0.5, 0.6) is 0 Å². The van der Waals surface area contributed by atoms with Crippen molar-refractivity contribution in [3.63, 3.8) is 0 Å². The Hall–Kier alpha value is -0.610. The summed E-state index contributed by atoms with van der Waals surface area (Å²) >= 11 is 4.02. The lowest BCUT2D eigenvalue weighted by molar-refractivity contribution is -0.116. The summed E-state index contributed by atoms with van der Waals surface area (Å²) in [4.78, 5) is 11.9. The van der Waals surface area contributed by atoms with Gasteiger partial charge in [0.25, 0.3) is 0 Å². The van der Waals surface area contributed by atoms with Crippen molar-refractivity contribution < 1.29 is 4.79 Å². The maximum Gasteiger partial charge on any atom is 0.224 e. The summed E-state index contributed by atoms with van der Waals surface area (Å²) < 4.78 is 0.524. The van der Waals surface area contributed by atoms with E-state index in [2.05, 4.69) is 31.3 Å². The van der Waals surface area contributed by atoms with Crippen LogP contribution < -0.4 is 5.32 Å². The van der Waals surface area contributed by atoms with Gasteiger partial charge < -0.3 is 5.32 Å². The highest BCUT2D eigenvalue weighted by Gasteiger charge is 2.16. The fourth-order valence-corrected chi connectivity index (χ4v) is 4.96. The molecule has 110 valence electrons. The second kappa shape index (κ2) is 7.99. The van der Waals surface area contributed by atoms with Gasteiger partial charge in [-0.25, -0.2) is 0 Å². The molecule has 1 N–H and O–H groups in total. The predicted octanol–water partition coefficient (Wildman–Crippen LogP) is 4.93. The van der Waals surface area contributed by atoms with Crippen molar-refractivity contribution in [1.82, 2.24) is 0 Å². The first-order chi connectivity index (χ1) is 9.65. The van der Waals surface area contributed by atoms with Crippen LogP contribution in [-0.4, -0.2) is 17.4 Å². The summed E-state index contributed by atoms with van der Waals surface area (Å²) in [5, 5.41) is 3.02. The predicted molar refractivity (Wildman–Crippen MR) is 91.4 cm³/mol. The average Bonchev–Trinajstić information content (AvgIpc) is 2.46. The SMILES string of the molecule is CC(C)CCC(=O)Nc1cccc(C2SCCCS2)c1. The zero-order valence-corrected chi connectivity index (χ0v) is 13.9. The molecule has 1 saturated heterocycles. The molecule has 1 fully saturated rings. The third kappa shape index (κ3) is 5.06. The summed E-state index contributed by atoms with van der Waals surface area (Å²) in [5.41, 5.74) is 2.25. The van der Waals surface area contributed by atoms with Gasteiger partial charge >= 0.3 is 0 Å². The molecule has 1 amide bonds. The number of nitrogens with one attached hydrogen (secondary N) is 1. The highest BCUT2D eigenvalue weighted by Crippen LogP contribution is 2.44. The van der Waals surface area contributed by atoms with Crippen LogP contribution >= 0.6 is 23.5 Å². The first-order valence-electron chi connectivity index (χ1n) is 7.28. The van der Waals surface area contributed by atoms with Crippen molar-refractivity contribution in [3.8, 4) is 0 Å². The number of thioether (sulfide) groups is 2.